The summed E-state index contributed by atoms with van der Waals surface area (Å²) in [6.45, 7) is 1.89. The molecule has 2 saturated heterocycles. The number of aromatic nitrogens is 1. The molecule has 0 bridgehead atoms. The van der Waals surface area contributed by atoms with Crippen molar-refractivity contribution in [1.29, 1.82) is 0 Å². The van der Waals surface area contributed by atoms with Gasteiger partial charge in [-0.1, -0.05) is 42.5 Å². The molecule has 4 heterocycles. The number of carbonyl (C=O) groups is 2. The van der Waals surface area contributed by atoms with Crippen LogP contribution in [0.3, 0.4) is 0 Å². The molecule has 2 amide bonds. The molecule has 0 saturated carbocycles. The van der Waals surface area contributed by atoms with Crippen LogP contribution >= 0.6 is 11.3 Å². The standard InChI is InChI=1S/C26H28N4O2S/c31-24-22(19-20-7-2-1-3-8-20)28-26(30(24)15-11-21-9-4-5-14-27-21)12-16-29(17-13-26)25(32)23-10-6-18-33-23/h1-10,14,18,22,28H,11-13,15-17,19H2. The highest BCUT2D eigenvalue weighted by atomic mass is 32.1. The number of piperidine rings is 1. The third-order valence-electron chi connectivity index (χ3n) is 6.73. The molecule has 0 radical (unpaired) electrons. The van der Waals surface area contributed by atoms with Gasteiger partial charge in [0, 0.05) is 50.8 Å². The van der Waals surface area contributed by atoms with Crippen LogP contribution in [0.5, 0.6) is 0 Å². The fourth-order valence-corrected chi connectivity index (χ4v) is 5.69. The van der Waals surface area contributed by atoms with Crippen LogP contribution in [0.1, 0.15) is 33.8 Å². The van der Waals surface area contributed by atoms with Crippen molar-refractivity contribution >= 4 is 23.2 Å². The maximum absolute atomic E-state index is 13.6. The molecule has 2 aromatic heterocycles. The first-order valence-electron chi connectivity index (χ1n) is 11.5. The molecule has 0 aliphatic carbocycles. The van der Waals surface area contributed by atoms with E-state index in [4.69, 9.17) is 0 Å². The summed E-state index contributed by atoms with van der Waals surface area (Å²) in [5, 5.41) is 5.64. The van der Waals surface area contributed by atoms with Crippen LogP contribution in [-0.4, -0.2) is 57.9 Å². The molecule has 6 nitrogen and oxygen atoms in total. The number of hydrogen-bond acceptors (Lipinski definition) is 5. The molecule has 1 atom stereocenters. The number of hydrogen-bond donors (Lipinski definition) is 1. The normalized spacial score (nSPS) is 19.9. The van der Waals surface area contributed by atoms with E-state index in [0.717, 1.165) is 29.0 Å². The van der Waals surface area contributed by atoms with Crippen molar-refractivity contribution in [3.05, 3.63) is 88.4 Å². The van der Waals surface area contributed by atoms with Gasteiger partial charge in [0.05, 0.1) is 16.6 Å². The molecule has 5 rings (SSSR count). The Balaban J connectivity index is 1.33. The van der Waals surface area contributed by atoms with Crippen LogP contribution in [0.2, 0.25) is 0 Å². The van der Waals surface area contributed by atoms with E-state index in [1.54, 1.807) is 6.20 Å². The van der Waals surface area contributed by atoms with Gasteiger partial charge < -0.3 is 9.80 Å². The van der Waals surface area contributed by atoms with E-state index < -0.39 is 5.66 Å². The Morgan fingerprint density at radius 2 is 1.85 bits per heavy atom. The van der Waals surface area contributed by atoms with Gasteiger partial charge in [-0.25, -0.2) is 0 Å². The van der Waals surface area contributed by atoms with Crippen LogP contribution in [0.15, 0.2) is 72.2 Å². The fraction of sp³-hybridized carbons (Fsp3) is 0.346. The molecule has 2 fully saturated rings. The second-order valence-electron chi connectivity index (χ2n) is 8.75. The number of nitrogens with zero attached hydrogens (tertiary/aromatic N) is 3. The van der Waals surface area contributed by atoms with E-state index in [0.29, 0.717) is 32.5 Å². The smallest absolute Gasteiger partial charge is 0.263 e. The number of likely N-dealkylation sites (tertiary alicyclic amines) is 1. The zero-order valence-electron chi connectivity index (χ0n) is 18.5. The van der Waals surface area contributed by atoms with Crippen LogP contribution < -0.4 is 5.32 Å². The van der Waals surface area contributed by atoms with E-state index in [1.807, 2.05) is 63.7 Å². The van der Waals surface area contributed by atoms with Crippen molar-refractivity contribution in [1.82, 2.24) is 20.1 Å². The molecular formula is C26H28N4O2S. The van der Waals surface area contributed by atoms with Crippen LogP contribution in [0.25, 0.3) is 0 Å². The molecule has 3 aromatic rings. The number of carbonyl (C=O) groups excluding carboxylic acids is 2. The lowest BCUT2D eigenvalue weighted by Gasteiger charge is -2.44. The highest BCUT2D eigenvalue weighted by Gasteiger charge is 2.51. The molecule has 2 aliphatic heterocycles. The molecule has 1 spiro atoms. The molecule has 170 valence electrons. The first-order valence-corrected chi connectivity index (χ1v) is 12.4. The second-order valence-corrected chi connectivity index (χ2v) is 9.70. The Morgan fingerprint density at radius 3 is 2.55 bits per heavy atom. The molecule has 7 heteroatoms. The van der Waals surface area contributed by atoms with E-state index in [9.17, 15) is 9.59 Å². The Hall–Kier alpha value is -3.03. The Labute approximate surface area is 198 Å². The molecular weight excluding hydrogens is 432 g/mol. The predicted molar refractivity (Wildman–Crippen MR) is 129 cm³/mol. The van der Waals surface area contributed by atoms with Gasteiger partial charge >= 0.3 is 0 Å². The zero-order chi connectivity index (χ0) is 22.7. The maximum Gasteiger partial charge on any atom is 0.263 e. The summed E-state index contributed by atoms with van der Waals surface area (Å²) >= 11 is 1.48. The fourth-order valence-electron chi connectivity index (χ4n) is 5.00. The number of nitrogens with one attached hydrogen (secondary N) is 1. The van der Waals surface area contributed by atoms with Crippen molar-refractivity contribution in [2.75, 3.05) is 19.6 Å². The minimum atomic E-state index is -0.419. The highest BCUT2D eigenvalue weighted by molar-refractivity contribution is 7.12. The zero-order valence-corrected chi connectivity index (χ0v) is 19.3. The lowest BCUT2D eigenvalue weighted by Crippen LogP contribution is -2.60. The van der Waals surface area contributed by atoms with Crippen LogP contribution in [0, 0.1) is 0 Å². The van der Waals surface area contributed by atoms with Gasteiger partial charge in [0.25, 0.3) is 5.91 Å². The van der Waals surface area contributed by atoms with Crippen molar-refractivity contribution in [3.8, 4) is 0 Å². The molecule has 2 aliphatic rings. The van der Waals surface area contributed by atoms with Crippen molar-refractivity contribution < 1.29 is 9.59 Å². The lowest BCUT2D eigenvalue weighted by atomic mass is 9.95. The molecule has 33 heavy (non-hydrogen) atoms. The van der Waals surface area contributed by atoms with E-state index in [-0.39, 0.29) is 17.9 Å². The monoisotopic (exact) mass is 460 g/mol. The average Bonchev–Trinajstić information content (AvgIpc) is 3.47. The quantitative estimate of drug-likeness (QED) is 0.613. The van der Waals surface area contributed by atoms with Crippen molar-refractivity contribution in [2.45, 2.75) is 37.4 Å². The van der Waals surface area contributed by atoms with E-state index in [2.05, 4.69) is 22.4 Å². The first-order chi connectivity index (χ1) is 16.1. The van der Waals surface area contributed by atoms with Gasteiger partial charge in [-0.2, -0.15) is 0 Å². The molecule has 1 unspecified atom stereocenters. The van der Waals surface area contributed by atoms with Crippen molar-refractivity contribution in [3.63, 3.8) is 0 Å². The predicted octanol–water partition coefficient (Wildman–Crippen LogP) is 3.36. The first kappa shape index (κ1) is 21.8. The summed E-state index contributed by atoms with van der Waals surface area (Å²) in [5.41, 5.74) is 1.71. The minimum absolute atomic E-state index is 0.0880. The topological polar surface area (TPSA) is 65.5 Å². The third-order valence-corrected chi connectivity index (χ3v) is 7.59. The van der Waals surface area contributed by atoms with Gasteiger partial charge in [-0.05, 0) is 35.6 Å². The highest BCUT2D eigenvalue weighted by Crippen LogP contribution is 2.34. The summed E-state index contributed by atoms with van der Waals surface area (Å²) < 4.78 is 0. The number of benzene rings is 1. The number of rotatable bonds is 6. The summed E-state index contributed by atoms with van der Waals surface area (Å²) in [6, 6.07) is 19.6. The van der Waals surface area contributed by atoms with Gasteiger partial charge in [-0.15, -0.1) is 11.3 Å². The molecule has 1 N–H and O–H groups in total. The Kier molecular flexibility index (Phi) is 6.24. The SMILES string of the molecule is O=C(c1cccs1)N1CCC2(CC1)NC(Cc1ccccc1)C(=O)N2CCc1ccccn1. The Bertz CT molecular complexity index is 1080. The number of thiophene rings is 1. The van der Waals surface area contributed by atoms with Gasteiger partial charge in [-0.3, -0.25) is 19.9 Å². The van der Waals surface area contributed by atoms with Crippen LogP contribution in [-0.2, 0) is 17.6 Å². The third kappa shape index (κ3) is 4.56. The Morgan fingerprint density at radius 1 is 1.06 bits per heavy atom. The van der Waals surface area contributed by atoms with Crippen molar-refractivity contribution in [2.24, 2.45) is 0 Å². The number of pyridine rings is 1. The van der Waals surface area contributed by atoms with Gasteiger partial charge in [0.1, 0.15) is 0 Å². The average molecular weight is 461 g/mol. The summed E-state index contributed by atoms with van der Waals surface area (Å²) in [5.74, 6) is 0.234. The summed E-state index contributed by atoms with van der Waals surface area (Å²) in [7, 11) is 0. The van der Waals surface area contributed by atoms with E-state index in [1.165, 1.54) is 11.3 Å². The van der Waals surface area contributed by atoms with Gasteiger partial charge in [0.2, 0.25) is 5.91 Å². The maximum atomic E-state index is 13.6. The largest absolute Gasteiger partial charge is 0.338 e. The summed E-state index contributed by atoms with van der Waals surface area (Å²) in [4.78, 5) is 35.6. The van der Waals surface area contributed by atoms with E-state index >= 15 is 0 Å². The lowest BCUT2D eigenvalue weighted by molar-refractivity contribution is -0.133. The van der Waals surface area contributed by atoms with Crippen LogP contribution in [0.4, 0.5) is 0 Å². The second kappa shape index (κ2) is 9.45. The minimum Gasteiger partial charge on any atom is -0.338 e. The summed E-state index contributed by atoms with van der Waals surface area (Å²) in [6.07, 6.45) is 4.63. The number of amides is 2. The molecule has 1 aromatic carbocycles. The van der Waals surface area contributed by atoms with Gasteiger partial charge in [0.15, 0.2) is 0 Å².